The van der Waals surface area contributed by atoms with Gasteiger partial charge in [0.25, 0.3) is 17.7 Å². The maximum absolute atomic E-state index is 13.7. The van der Waals surface area contributed by atoms with Gasteiger partial charge in [-0.25, -0.2) is 9.07 Å². The predicted molar refractivity (Wildman–Crippen MR) is 121 cm³/mol. The van der Waals surface area contributed by atoms with Gasteiger partial charge >= 0.3 is 0 Å². The topological polar surface area (TPSA) is 117 Å². The Bertz CT molecular complexity index is 1260. The molecule has 176 valence electrons. The van der Waals surface area contributed by atoms with Crippen LogP contribution >= 0.6 is 0 Å². The largest absolute Gasteiger partial charge is 0.504 e. The lowest BCUT2D eigenvalue weighted by atomic mass is 10.0. The van der Waals surface area contributed by atoms with Crippen LogP contribution in [0, 0.1) is 5.82 Å². The van der Waals surface area contributed by atoms with E-state index < -0.39 is 29.3 Å². The molecule has 34 heavy (non-hydrogen) atoms. The van der Waals surface area contributed by atoms with Crippen molar-refractivity contribution >= 4 is 17.7 Å². The number of carbonyl (C=O) groups is 3. The van der Waals surface area contributed by atoms with E-state index in [-0.39, 0.29) is 29.5 Å². The Balaban J connectivity index is 1.62. The second-order valence-corrected chi connectivity index (χ2v) is 7.95. The number of hydrogen-bond donors (Lipinski definition) is 3. The number of hydrogen-bond acceptors (Lipinski definition) is 5. The predicted octanol–water partition coefficient (Wildman–Crippen LogP) is 2.08. The molecule has 1 atom stereocenters. The molecule has 1 unspecified atom stereocenters. The number of amides is 3. The Hall–Kier alpha value is -4.21. The smallest absolute Gasteiger partial charge is 0.275 e. The van der Waals surface area contributed by atoms with Gasteiger partial charge in [0.05, 0.1) is 6.04 Å². The molecule has 9 nitrogen and oxygen atoms in total. The SMILES string of the molecule is CCNC(=O)c1cc(F)ccc1CNC(=O)c1nn2c(c1O)C(=O)N(C)CC2c1ccccc1. The first-order chi connectivity index (χ1) is 16.3. The highest BCUT2D eigenvalue weighted by molar-refractivity contribution is 6.02. The Morgan fingerprint density at radius 2 is 1.88 bits per heavy atom. The van der Waals surface area contributed by atoms with Gasteiger partial charge in [-0.15, -0.1) is 0 Å². The van der Waals surface area contributed by atoms with Gasteiger partial charge < -0.3 is 20.6 Å². The molecule has 1 aliphatic rings. The molecule has 2 heterocycles. The number of nitrogens with zero attached hydrogens (tertiary/aromatic N) is 3. The third-order valence-corrected chi connectivity index (χ3v) is 5.67. The number of carbonyl (C=O) groups excluding carboxylic acids is 3. The zero-order valence-corrected chi connectivity index (χ0v) is 18.7. The summed E-state index contributed by atoms with van der Waals surface area (Å²) in [6.07, 6.45) is 0. The van der Waals surface area contributed by atoms with E-state index in [0.717, 1.165) is 11.6 Å². The molecule has 3 aromatic rings. The molecular formula is C24H24FN5O4. The number of nitrogens with one attached hydrogen (secondary N) is 2. The van der Waals surface area contributed by atoms with Crippen molar-refractivity contribution in [1.82, 2.24) is 25.3 Å². The average molecular weight is 465 g/mol. The maximum atomic E-state index is 13.7. The van der Waals surface area contributed by atoms with Crippen molar-refractivity contribution in [3.8, 4) is 5.75 Å². The van der Waals surface area contributed by atoms with Crippen molar-refractivity contribution in [2.45, 2.75) is 19.5 Å². The number of benzene rings is 2. The van der Waals surface area contributed by atoms with Crippen LogP contribution in [0.4, 0.5) is 4.39 Å². The van der Waals surface area contributed by atoms with Crippen LogP contribution in [0.25, 0.3) is 0 Å². The zero-order chi connectivity index (χ0) is 24.4. The van der Waals surface area contributed by atoms with Gasteiger partial charge in [-0.1, -0.05) is 36.4 Å². The van der Waals surface area contributed by atoms with Crippen LogP contribution in [0.1, 0.15) is 55.4 Å². The number of aromatic hydroxyl groups is 1. The third kappa shape index (κ3) is 4.21. The molecule has 0 radical (unpaired) electrons. The van der Waals surface area contributed by atoms with Gasteiger partial charge in [-0.3, -0.25) is 14.4 Å². The van der Waals surface area contributed by atoms with E-state index in [0.29, 0.717) is 18.7 Å². The van der Waals surface area contributed by atoms with Crippen LogP contribution in [0.5, 0.6) is 5.75 Å². The summed E-state index contributed by atoms with van der Waals surface area (Å²) >= 11 is 0. The number of fused-ring (bicyclic) bond motifs is 1. The fraction of sp³-hybridized carbons (Fsp3) is 0.250. The summed E-state index contributed by atoms with van der Waals surface area (Å²) in [4.78, 5) is 39.4. The van der Waals surface area contributed by atoms with Crippen LogP contribution in [-0.4, -0.2) is 57.6 Å². The first-order valence-corrected chi connectivity index (χ1v) is 10.8. The number of aromatic nitrogens is 2. The fourth-order valence-electron chi connectivity index (χ4n) is 3.95. The van der Waals surface area contributed by atoms with Crippen LogP contribution in [0.2, 0.25) is 0 Å². The van der Waals surface area contributed by atoms with Gasteiger partial charge in [0.15, 0.2) is 17.1 Å². The summed E-state index contributed by atoms with van der Waals surface area (Å²) in [6, 6.07) is 12.7. The average Bonchev–Trinajstić information content (AvgIpc) is 3.18. The minimum atomic E-state index is -0.729. The Kier molecular flexibility index (Phi) is 6.31. The Morgan fingerprint density at radius 3 is 2.59 bits per heavy atom. The summed E-state index contributed by atoms with van der Waals surface area (Å²) in [5.74, 6) is -2.74. The molecule has 0 bridgehead atoms. The summed E-state index contributed by atoms with van der Waals surface area (Å²) in [6.45, 7) is 2.32. The first kappa shape index (κ1) is 23.0. The Morgan fingerprint density at radius 1 is 1.15 bits per heavy atom. The van der Waals surface area contributed by atoms with Crippen molar-refractivity contribution < 1.29 is 23.9 Å². The highest BCUT2D eigenvalue weighted by atomic mass is 19.1. The normalized spacial score (nSPS) is 15.1. The van der Waals surface area contributed by atoms with E-state index in [1.54, 1.807) is 14.0 Å². The molecule has 1 aromatic heterocycles. The van der Waals surface area contributed by atoms with Crippen molar-refractivity contribution in [3.05, 3.63) is 82.4 Å². The zero-order valence-electron chi connectivity index (χ0n) is 18.7. The molecular weight excluding hydrogens is 441 g/mol. The molecule has 10 heteroatoms. The van der Waals surface area contributed by atoms with Crippen molar-refractivity contribution in [1.29, 1.82) is 0 Å². The van der Waals surface area contributed by atoms with Crippen LogP contribution in [0.3, 0.4) is 0 Å². The van der Waals surface area contributed by atoms with Gasteiger partial charge in [0.1, 0.15) is 5.82 Å². The minimum absolute atomic E-state index is 0.0717. The van der Waals surface area contributed by atoms with E-state index in [4.69, 9.17) is 0 Å². The first-order valence-electron chi connectivity index (χ1n) is 10.8. The Labute approximate surface area is 195 Å². The lowest BCUT2D eigenvalue weighted by molar-refractivity contribution is 0.0719. The van der Waals surface area contributed by atoms with Crippen LogP contribution < -0.4 is 10.6 Å². The molecule has 3 amide bonds. The second kappa shape index (κ2) is 9.34. The van der Waals surface area contributed by atoms with Crippen LogP contribution in [-0.2, 0) is 6.54 Å². The molecule has 0 saturated carbocycles. The van der Waals surface area contributed by atoms with Gasteiger partial charge in [-0.2, -0.15) is 5.10 Å². The van der Waals surface area contributed by atoms with Gasteiger partial charge in [-0.05, 0) is 30.2 Å². The monoisotopic (exact) mass is 465 g/mol. The summed E-state index contributed by atoms with van der Waals surface area (Å²) in [5.41, 5.74) is 0.979. The number of likely N-dealkylation sites (N-methyl/N-ethyl adjacent to an activating group) is 1. The maximum Gasteiger partial charge on any atom is 0.275 e. The van der Waals surface area contributed by atoms with Gasteiger partial charge in [0, 0.05) is 32.2 Å². The van der Waals surface area contributed by atoms with E-state index in [9.17, 15) is 23.9 Å². The van der Waals surface area contributed by atoms with E-state index in [2.05, 4.69) is 15.7 Å². The molecule has 1 aliphatic heterocycles. The lowest BCUT2D eigenvalue weighted by Crippen LogP contribution is -2.41. The van der Waals surface area contributed by atoms with Crippen molar-refractivity contribution in [3.63, 3.8) is 0 Å². The quantitative estimate of drug-likeness (QED) is 0.516. The van der Waals surface area contributed by atoms with Gasteiger partial charge in [0.2, 0.25) is 0 Å². The summed E-state index contributed by atoms with van der Waals surface area (Å²) < 4.78 is 15.1. The molecule has 4 rings (SSSR count). The minimum Gasteiger partial charge on any atom is -0.504 e. The van der Waals surface area contributed by atoms with E-state index in [1.807, 2.05) is 30.3 Å². The fourth-order valence-corrected chi connectivity index (χ4v) is 3.95. The van der Waals surface area contributed by atoms with E-state index in [1.165, 1.54) is 21.7 Å². The third-order valence-electron chi connectivity index (χ3n) is 5.67. The summed E-state index contributed by atoms with van der Waals surface area (Å²) in [7, 11) is 1.62. The highest BCUT2D eigenvalue weighted by Gasteiger charge is 2.37. The van der Waals surface area contributed by atoms with Crippen LogP contribution in [0.15, 0.2) is 48.5 Å². The number of rotatable bonds is 6. The molecule has 0 saturated heterocycles. The number of halogens is 1. The molecule has 3 N–H and O–H groups in total. The molecule has 0 spiro atoms. The van der Waals surface area contributed by atoms with Crippen molar-refractivity contribution in [2.24, 2.45) is 0 Å². The molecule has 2 aromatic carbocycles. The highest BCUT2D eigenvalue weighted by Crippen LogP contribution is 2.33. The second-order valence-electron chi connectivity index (χ2n) is 7.95. The van der Waals surface area contributed by atoms with E-state index >= 15 is 0 Å². The van der Waals surface area contributed by atoms with Crippen molar-refractivity contribution in [2.75, 3.05) is 20.1 Å². The standard InChI is InChI=1S/C24H24FN5O4/c1-3-26-22(32)17-11-16(25)10-9-15(17)12-27-23(33)19-21(31)20-24(34)29(2)13-18(30(20)28-19)14-7-5-4-6-8-14/h4-11,18,31H,3,12-13H2,1-2H3,(H,26,32)(H,27,33). The molecule has 0 aliphatic carbocycles. The molecule has 0 fully saturated rings. The summed E-state index contributed by atoms with van der Waals surface area (Å²) in [5, 5.41) is 20.2. The lowest BCUT2D eigenvalue weighted by Gasteiger charge is -2.31.